The molecule has 0 spiro atoms. The molecule has 0 saturated heterocycles. The van der Waals surface area contributed by atoms with Crippen LogP contribution in [0.3, 0.4) is 0 Å². The molecule has 1 aromatic carbocycles. The van der Waals surface area contributed by atoms with Crippen LogP contribution in [-0.2, 0) is 19.4 Å². The van der Waals surface area contributed by atoms with Crippen molar-refractivity contribution in [3.8, 4) is 0 Å². The van der Waals surface area contributed by atoms with Gasteiger partial charge in [-0.3, -0.25) is 4.68 Å². The SMILES string of the molecule is CCc1nn(Cc2cccc(Cl)c2F)c(CC)c1C(C)O. The second kappa shape index (κ2) is 6.58. The first kappa shape index (κ1) is 16.0. The van der Waals surface area contributed by atoms with Gasteiger partial charge in [0, 0.05) is 16.8 Å². The lowest BCUT2D eigenvalue weighted by atomic mass is 10.0. The Balaban J connectivity index is 2.47. The van der Waals surface area contributed by atoms with Gasteiger partial charge < -0.3 is 5.11 Å². The molecule has 5 heteroatoms. The van der Waals surface area contributed by atoms with Crippen LogP contribution < -0.4 is 0 Å². The molecule has 3 nitrogen and oxygen atoms in total. The van der Waals surface area contributed by atoms with E-state index in [1.54, 1.807) is 23.7 Å². The molecule has 0 aliphatic carbocycles. The van der Waals surface area contributed by atoms with Gasteiger partial charge in [-0.2, -0.15) is 5.10 Å². The van der Waals surface area contributed by atoms with Gasteiger partial charge in [0.2, 0.25) is 0 Å². The van der Waals surface area contributed by atoms with Crippen LogP contribution in [0.5, 0.6) is 0 Å². The highest BCUT2D eigenvalue weighted by atomic mass is 35.5. The van der Waals surface area contributed by atoms with E-state index < -0.39 is 11.9 Å². The number of hydrogen-bond donors (Lipinski definition) is 1. The minimum Gasteiger partial charge on any atom is -0.389 e. The van der Waals surface area contributed by atoms with Crippen LogP contribution in [0.15, 0.2) is 18.2 Å². The Labute approximate surface area is 129 Å². The first-order valence-corrected chi connectivity index (χ1v) is 7.56. The van der Waals surface area contributed by atoms with Crippen LogP contribution in [0.25, 0.3) is 0 Å². The Bertz CT molecular complexity index is 637. The summed E-state index contributed by atoms with van der Waals surface area (Å²) >= 11 is 5.82. The van der Waals surface area contributed by atoms with Crippen LogP contribution in [0.4, 0.5) is 4.39 Å². The van der Waals surface area contributed by atoms with E-state index in [0.29, 0.717) is 12.1 Å². The second-order valence-corrected chi connectivity index (χ2v) is 5.47. The summed E-state index contributed by atoms with van der Waals surface area (Å²) in [4.78, 5) is 0. The van der Waals surface area contributed by atoms with E-state index >= 15 is 0 Å². The maximum atomic E-state index is 14.0. The molecule has 21 heavy (non-hydrogen) atoms. The third kappa shape index (κ3) is 3.11. The molecule has 0 amide bonds. The highest BCUT2D eigenvalue weighted by Gasteiger charge is 2.20. The van der Waals surface area contributed by atoms with E-state index in [9.17, 15) is 9.50 Å². The van der Waals surface area contributed by atoms with Crippen molar-refractivity contribution < 1.29 is 9.50 Å². The lowest BCUT2D eigenvalue weighted by Gasteiger charge is -2.10. The highest BCUT2D eigenvalue weighted by molar-refractivity contribution is 6.30. The monoisotopic (exact) mass is 310 g/mol. The third-order valence-electron chi connectivity index (χ3n) is 3.61. The molecule has 0 fully saturated rings. The van der Waals surface area contributed by atoms with Gasteiger partial charge in [0.25, 0.3) is 0 Å². The molecule has 0 bridgehead atoms. The van der Waals surface area contributed by atoms with Crippen LogP contribution in [0.1, 0.15) is 49.4 Å². The van der Waals surface area contributed by atoms with E-state index in [4.69, 9.17) is 11.6 Å². The minimum atomic E-state index is -0.576. The number of aryl methyl sites for hydroxylation is 1. The second-order valence-electron chi connectivity index (χ2n) is 5.06. The van der Waals surface area contributed by atoms with Gasteiger partial charge in [-0.15, -0.1) is 0 Å². The van der Waals surface area contributed by atoms with Crippen molar-refractivity contribution in [2.24, 2.45) is 0 Å². The van der Waals surface area contributed by atoms with Crippen molar-refractivity contribution in [2.45, 2.75) is 46.3 Å². The Morgan fingerprint density at radius 2 is 2.05 bits per heavy atom. The van der Waals surface area contributed by atoms with E-state index in [1.807, 2.05) is 13.8 Å². The zero-order chi connectivity index (χ0) is 15.6. The average molecular weight is 311 g/mol. The topological polar surface area (TPSA) is 38.0 Å². The maximum Gasteiger partial charge on any atom is 0.146 e. The van der Waals surface area contributed by atoms with Crippen molar-refractivity contribution in [1.29, 1.82) is 0 Å². The molecule has 1 unspecified atom stereocenters. The maximum absolute atomic E-state index is 14.0. The highest BCUT2D eigenvalue weighted by Crippen LogP contribution is 2.25. The number of aliphatic hydroxyl groups is 1. The van der Waals surface area contributed by atoms with Crippen molar-refractivity contribution >= 4 is 11.6 Å². The first-order valence-electron chi connectivity index (χ1n) is 7.18. The molecule has 1 heterocycles. The van der Waals surface area contributed by atoms with E-state index in [-0.39, 0.29) is 5.02 Å². The van der Waals surface area contributed by atoms with E-state index in [1.165, 1.54) is 6.07 Å². The Kier molecular flexibility index (Phi) is 5.01. The fourth-order valence-corrected chi connectivity index (χ4v) is 2.84. The summed E-state index contributed by atoms with van der Waals surface area (Å²) in [6.45, 7) is 6.06. The molecule has 1 N–H and O–H groups in total. The van der Waals surface area contributed by atoms with Crippen molar-refractivity contribution in [3.05, 3.63) is 51.6 Å². The Morgan fingerprint density at radius 3 is 2.62 bits per heavy atom. The number of hydrogen-bond acceptors (Lipinski definition) is 2. The molecular weight excluding hydrogens is 291 g/mol. The quantitative estimate of drug-likeness (QED) is 0.909. The molecule has 0 radical (unpaired) electrons. The predicted molar refractivity (Wildman–Crippen MR) is 82.1 cm³/mol. The van der Waals surface area contributed by atoms with Crippen molar-refractivity contribution in [1.82, 2.24) is 9.78 Å². The zero-order valence-corrected chi connectivity index (χ0v) is 13.3. The van der Waals surface area contributed by atoms with Crippen molar-refractivity contribution in [3.63, 3.8) is 0 Å². The Hall–Kier alpha value is -1.39. The number of rotatable bonds is 5. The molecule has 1 aromatic heterocycles. The van der Waals surface area contributed by atoms with Crippen LogP contribution in [0, 0.1) is 5.82 Å². The molecule has 2 aromatic rings. The van der Waals surface area contributed by atoms with Gasteiger partial charge in [-0.05, 0) is 25.8 Å². The standard InChI is InChI=1S/C16H20ClFN2O/c1-4-13-15(10(3)21)14(5-2)20(19-13)9-11-7-6-8-12(17)16(11)18/h6-8,10,21H,4-5,9H2,1-3H3. The normalized spacial score (nSPS) is 12.7. The molecule has 0 saturated carbocycles. The fourth-order valence-electron chi connectivity index (χ4n) is 2.64. The summed E-state index contributed by atoms with van der Waals surface area (Å²) in [6, 6.07) is 4.96. The zero-order valence-electron chi connectivity index (χ0n) is 12.5. The molecule has 114 valence electrons. The summed E-state index contributed by atoms with van der Waals surface area (Å²) in [7, 11) is 0. The summed E-state index contributed by atoms with van der Waals surface area (Å²) in [6.07, 6.45) is 0.890. The van der Waals surface area contributed by atoms with E-state index in [0.717, 1.165) is 29.8 Å². The number of nitrogens with zero attached hydrogens (tertiary/aromatic N) is 2. The van der Waals surface area contributed by atoms with Gasteiger partial charge in [0.05, 0.1) is 23.4 Å². The number of aromatic nitrogens is 2. The lowest BCUT2D eigenvalue weighted by Crippen LogP contribution is -2.09. The summed E-state index contributed by atoms with van der Waals surface area (Å²) in [5.41, 5.74) is 3.17. The fraction of sp³-hybridized carbons (Fsp3) is 0.438. The molecular formula is C16H20ClFN2O. The number of benzene rings is 1. The van der Waals surface area contributed by atoms with Gasteiger partial charge in [0.1, 0.15) is 5.82 Å². The predicted octanol–water partition coefficient (Wildman–Crippen LogP) is 3.90. The molecule has 0 aliphatic rings. The van der Waals surface area contributed by atoms with Crippen LogP contribution in [0.2, 0.25) is 5.02 Å². The molecule has 1 atom stereocenters. The molecule has 0 aliphatic heterocycles. The number of halogens is 2. The Morgan fingerprint density at radius 1 is 1.33 bits per heavy atom. The summed E-state index contributed by atoms with van der Waals surface area (Å²) in [5.74, 6) is -0.409. The summed E-state index contributed by atoms with van der Waals surface area (Å²) < 4.78 is 15.8. The third-order valence-corrected chi connectivity index (χ3v) is 3.91. The minimum absolute atomic E-state index is 0.115. The smallest absolute Gasteiger partial charge is 0.146 e. The van der Waals surface area contributed by atoms with Gasteiger partial charge in [-0.1, -0.05) is 37.6 Å². The van der Waals surface area contributed by atoms with Gasteiger partial charge >= 0.3 is 0 Å². The lowest BCUT2D eigenvalue weighted by molar-refractivity contribution is 0.197. The summed E-state index contributed by atoms with van der Waals surface area (Å²) in [5, 5.41) is 14.6. The van der Waals surface area contributed by atoms with Gasteiger partial charge in [0.15, 0.2) is 0 Å². The average Bonchev–Trinajstić information content (AvgIpc) is 2.81. The molecule has 2 rings (SSSR count). The van der Waals surface area contributed by atoms with Crippen molar-refractivity contribution in [2.75, 3.05) is 0 Å². The van der Waals surface area contributed by atoms with Crippen LogP contribution >= 0.6 is 11.6 Å². The first-order chi connectivity index (χ1) is 9.99. The number of aliphatic hydroxyl groups excluding tert-OH is 1. The van der Waals surface area contributed by atoms with E-state index in [2.05, 4.69) is 5.10 Å². The largest absolute Gasteiger partial charge is 0.389 e. The van der Waals surface area contributed by atoms with Crippen LogP contribution in [-0.4, -0.2) is 14.9 Å². The van der Waals surface area contributed by atoms with Gasteiger partial charge in [-0.25, -0.2) is 4.39 Å².